The summed E-state index contributed by atoms with van der Waals surface area (Å²) < 4.78 is 9.39. The predicted octanol–water partition coefficient (Wildman–Crippen LogP) is 3.09. The van der Waals surface area contributed by atoms with Gasteiger partial charge in [0, 0.05) is 5.33 Å². The summed E-state index contributed by atoms with van der Waals surface area (Å²) in [6, 6.07) is 5.00. The standard InChI is InChI=1S/C12H12Br2O4/c1-17-11(15)8-5-3-4-7(9(14)6-13)10(8)12(16)18-2/h3-5,9H,6H2,1-2H3. The molecular formula is C12H12Br2O4. The van der Waals surface area contributed by atoms with Gasteiger partial charge in [0.25, 0.3) is 0 Å². The fourth-order valence-electron chi connectivity index (χ4n) is 1.52. The van der Waals surface area contributed by atoms with Crippen molar-refractivity contribution in [3.05, 3.63) is 34.9 Å². The van der Waals surface area contributed by atoms with Gasteiger partial charge < -0.3 is 9.47 Å². The van der Waals surface area contributed by atoms with Gasteiger partial charge in [-0.25, -0.2) is 9.59 Å². The van der Waals surface area contributed by atoms with Gasteiger partial charge >= 0.3 is 11.9 Å². The zero-order valence-corrected chi connectivity index (χ0v) is 13.1. The van der Waals surface area contributed by atoms with Crippen LogP contribution in [0, 0.1) is 0 Å². The first-order valence-electron chi connectivity index (χ1n) is 5.06. The van der Waals surface area contributed by atoms with Crippen molar-refractivity contribution in [1.29, 1.82) is 0 Å². The van der Waals surface area contributed by atoms with Crippen molar-refractivity contribution in [3.63, 3.8) is 0 Å². The molecule has 0 aliphatic heterocycles. The van der Waals surface area contributed by atoms with Crippen LogP contribution < -0.4 is 0 Å². The second-order valence-corrected chi connectivity index (χ2v) is 5.13. The Morgan fingerprint density at radius 2 is 1.83 bits per heavy atom. The van der Waals surface area contributed by atoms with E-state index in [1.807, 2.05) is 0 Å². The molecule has 1 unspecified atom stereocenters. The second kappa shape index (κ2) is 6.89. The van der Waals surface area contributed by atoms with Crippen LogP contribution in [0.5, 0.6) is 0 Å². The van der Waals surface area contributed by atoms with Crippen molar-refractivity contribution >= 4 is 43.8 Å². The van der Waals surface area contributed by atoms with E-state index in [2.05, 4.69) is 36.6 Å². The lowest BCUT2D eigenvalue weighted by Gasteiger charge is -2.14. The van der Waals surface area contributed by atoms with Gasteiger partial charge in [-0.05, 0) is 11.6 Å². The minimum atomic E-state index is -0.563. The third-order valence-corrected chi connectivity index (χ3v) is 4.70. The number of carbonyl (C=O) groups is 2. The van der Waals surface area contributed by atoms with Gasteiger partial charge in [-0.15, -0.1) is 0 Å². The molecule has 18 heavy (non-hydrogen) atoms. The maximum Gasteiger partial charge on any atom is 0.339 e. The molecule has 0 saturated heterocycles. The summed E-state index contributed by atoms with van der Waals surface area (Å²) >= 11 is 6.75. The summed E-state index contributed by atoms with van der Waals surface area (Å²) in [6.07, 6.45) is 0. The summed E-state index contributed by atoms with van der Waals surface area (Å²) in [6.45, 7) is 0. The number of halogens is 2. The van der Waals surface area contributed by atoms with Crippen LogP contribution in [0.2, 0.25) is 0 Å². The Labute approximate surface area is 122 Å². The first-order valence-corrected chi connectivity index (χ1v) is 7.10. The Bertz CT molecular complexity index is 459. The molecule has 0 bridgehead atoms. The first kappa shape index (κ1) is 15.2. The molecule has 0 heterocycles. The van der Waals surface area contributed by atoms with Gasteiger partial charge in [0.1, 0.15) is 0 Å². The molecule has 0 saturated carbocycles. The van der Waals surface area contributed by atoms with Crippen molar-refractivity contribution in [2.24, 2.45) is 0 Å². The number of benzene rings is 1. The highest BCUT2D eigenvalue weighted by Crippen LogP contribution is 2.30. The molecule has 0 aliphatic carbocycles. The van der Waals surface area contributed by atoms with E-state index in [0.29, 0.717) is 10.9 Å². The summed E-state index contributed by atoms with van der Waals surface area (Å²) in [5, 5.41) is 0.599. The maximum absolute atomic E-state index is 11.8. The fraction of sp³-hybridized carbons (Fsp3) is 0.333. The normalized spacial score (nSPS) is 11.8. The lowest BCUT2D eigenvalue weighted by Crippen LogP contribution is -2.15. The highest BCUT2D eigenvalue weighted by molar-refractivity contribution is 9.12. The molecule has 0 aliphatic rings. The van der Waals surface area contributed by atoms with E-state index in [1.165, 1.54) is 20.3 Å². The molecule has 1 aromatic rings. The summed E-state index contributed by atoms with van der Waals surface area (Å²) in [5.74, 6) is -1.12. The minimum absolute atomic E-state index is 0.101. The maximum atomic E-state index is 11.8. The Hall–Kier alpha value is -0.880. The van der Waals surface area contributed by atoms with Crippen LogP contribution in [-0.2, 0) is 9.47 Å². The lowest BCUT2D eigenvalue weighted by atomic mass is 9.99. The SMILES string of the molecule is COC(=O)c1cccc(C(Br)CBr)c1C(=O)OC. The van der Waals surface area contributed by atoms with Crippen molar-refractivity contribution < 1.29 is 19.1 Å². The van der Waals surface area contributed by atoms with Crippen molar-refractivity contribution in [2.45, 2.75) is 4.83 Å². The molecular weight excluding hydrogens is 368 g/mol. The molecule has 0 aromatic heterocycles. The van der Waals surface area contributed by atoms with E-state index in [9.17, 15) is 9.59 Å². The molecule has 1 rings (SSSR count). The zero-order chi connectivity index (χ0) is 13.7. The summed E-state index contributed by atoms with van der Waals surface area (Å²) in [4.78, 5) is 23.4. The van der Waals surface area contributed by atoms with Crippen LogP contribution in [0.1, 0.15) is 31.1 Å². The highest BCUT2D eigenvalue weighted by Gasteiger charge is 2.24. The van der Waals surface area contributed by atoms with Gasteiger partial charge in [-0.1, -0.05) is 44.0 Å². The van der Waals surface area contributed by atoms with Crippen LogP contribution in [0.25, 0.3) is 0 Å². The van der Waals surface area contributed by atoms with Crippen LogP contribution in [0.3, 0.4) is 0 Å². The molecule has 0 radical (unpaired) electrons. The molecule has 0 fully saturated rings. The Morgan fingerprint density at radius 3 is 2.33 bits per heavy atom. The van der Waals surface area contributed by atoms with Gasteiger partial charge in [0.05, 0.1) is 30.2 Å². The quantitative estimate of drug-likeness (QED) is 0.595. The first-order chi connectivity index (χ1) is 8.56. The molecule has 1 aromatic carbocycles. The Balaban J connectivity index is 3.44. The van der Waals surface area contributed by atoms with Crippen molar-refractivity contribution in [3.8, 4) is 0 Å². The number of rotatable bonds is 4. The van der Waals surface area contributed by atoms with E-state index in [4.69, 9.17) is 4.74 Å². The average Bonchev–Trinajstić information content (AvgIpc) is 2.43. The number of methoxy groups -OCH3 is 2. The van der Waals surface area contributed by atoms with E-state index in [1.54, 1.807) is 12.1 Å². The number of ether oxygens (including phenoxy) is 2. The van der Waals surface area contributed by atoms with Crippen LogP contribution >= 0.6 is 31.9 Å². The third-order valence-electron chi connectivity index (χ3n) is 2.36. The van der Waals surface area contributed by atoms with Crippen molar-refractivity contribution in [2.75, 3.05) is 19.5 Å². The van der Waals surface area contributed by atoms with E-state index >= 15 is 0 Å². The molecule has 0 spiro atoms. The fourth-order valence-corrected chi connectivity index (χ4v) is 2.25. The molecule has 0 amide bonds. The van der Waals surface area contributed by atoms with Crippen LogP contribution in [-0.4, -0.2) is 31.5 Å². The number of carbonyl (C=O) groups excluding carboxylic acids is 2. The molecule has 4 nitrogen and oxygen atoms in total. The van der Waals surface area contributed by atoms with Gasteiger partial charge in [0.15, 0.2) is 0 Å². The largest absolute Gasteiger partial charge is 0.465 e. The highest BCUT2D eigenvalue weighted by atomic mass is 79.9. The molecule has 98 valence electrons. The van der Waals surface area contributed by atoms with Gasteiger partial charge in [-0.2, -0.15) is 0 Å². The average molecular weight is 380 g/mol. The topological polar surface area (TPSA) is 52.6 Å². The Kier molecular flexibility index (Phi) is 5.81. The van der Waals surface area contributed by atoms with Crippen LogP contribution in [0.15, 0.2) is 18.2 Å². The minimum Gasteiger partial charge on any atom is -0.465 e. The smallest absolute Gasteiger partial charge is 0.339 e. The number of esters is 2. The zero-order valence-electron chi connectivity index (χ0n) is 9.91. The number of alkyl halides is 2. The van der Waals surface area contributed by atoms with Gasteiger partial charge in [0.2, 0.25) is 0 Å². The second-order valence-electron chi connectivity index (χ2n) is 3.37. The summed E-state index contributed by atoms with van der Waals surface area (Å²) in [7, 11) is 2.55. The van der Waals surface area contributed by atoms with Crippen molar-refractivity contribution in [1.82, 2.24) is 0 Å². The lowest BCUT2D eigenvalue weighted by molar-refractivity contribution is 0.0554. The van der Waals surface area contributed by atoms with Crippen LogP contribution in [0.4, 0.5) is 0 Å². The molecule has 0 N–H and O–H groups in total. The monoisotopic (exact) mass is 378 g/mol. The van der Waals surface area contributed by atoms with E-state index < -0.39 is 11.9 Å². The molecule has 6 heteroatoms. The van der Waals surface area contributed by atoms with E-state index in [-0.39, 0.29) is 16.0 Å². The summed E-state index contributed by atoms with van der Waals surface area (Å²) in [5.41, 5.74) is 1.11. The number of hydrogen-bond donors (Lipinski definition) is 0. The Morgan fingerprint density at radius 1 is 1.22 bits per heavy atom. The number of hydrogen-bond acceptors (Lipinski definition) is 4. The third kappa shape index (κ3) is 3.11. The van der Waals surface area contributed by atoms with E-state index in [0.717, 1.165) is 0 Å². The van der Waals surface area contributed by atoms with Gasteiger partial charge in [-0.3, -0.25) is 0 Å². The molecule has 1 atom stereocenters. The predicted molar refractivity (Wildman–Crippen MR) is 74.6 cm³/mol.